The van der Waals surface area contributed by atoms with Crippen LogP contribution in [0.5, 0.6) is 0 Å². The molecule has 0 spiro atoms. The van der Waals surface area contributed by atoms with Crippen molar-refractivity contribution in [3.8, 4) is 0 Å². The molecule has 0 saturated heterocycles. The highest BCUT2D eigenvalue weighted by Crippen LogP contribution is 2.24. The number of anilines is 2. The van der Waals surface area contributed by atoms with Gasteiger partial charge in [0.15, 0.2) is 5.65 Å². The van der Waals surface area contributed by atoms with E-state index in [1.807, 2.05) is 29.6 Å². The molecule has 2 aromatic carbocycles. The van der Waals surface area contributed by atoms with Crippen LogP contribution in [0.25, 0.3) is 16.6 Å². The van der Waals surface area contributed by atoms with Crippen LogP contribution in [0.15, 0.2) is 54.6 Å². The smallest absolute Gasteiger partial charge is 0.158 e. The predicted molar refractivity (Wildman–Crippen MR) is 103 cm³/mol. The van der Waals surface area contributed by atoms with Gasteiger partial charge in [-0.1, -0.05) is 24.3 Å². The average Bonchev–Trinajstić information content (AvgIpc) is 3.00. The number of rotatable bonds is 4. The molecule has 0 bridgehead atoms. The van der Waals surface area contributed by atoms with Crippen molar-refractivity contribution in [2.75, 3.05) is 24.3 Å². The number of aryl methyl sites for hydroxylation is 1. The first kappa shape index (κ1) is 15.4. The zero-order valence-corrected chi connectivity index (χ0v) is 14.7. The quantitative estimate of drug-likeness (QED) is 0.617. The Hall–Kier alpha value is -3.08. The lowest BCUT2D eigenvalue weighted by atomic mass is 10.2. The fourth-order valence-electron chi connectivity index (χ4n) is 3.04. The first-order valence-corrected chi connectivity index (χ1v) is 8.37. The summed E-state index contributed by atoms with van der Waals surface area (Å²) < 4.78 is 1.91. The van der Waals surface area contributed by atoms with Crippen LogP contribution >= 0.6 is 0 Å². The monoisotopic (exact) mass is 331 g/mol. The number of hydrogen-bond donors (Lipinski definition) is 1. The maximum atomic E-state index is 4.78. The van der Waals surface area contributed by atoms with E-state index in [0.29, 0.717) is 0 Å². The van der Waals surface area contributed by atoms with Crippen molar-refractivity contribution in [3.63, 3.8) is 0 Å². The maximum Gasteiger partial charge on any atom is 0.158 e. The van der Waals surface area contributed by atoms with Crippen LogP contribution in [0.4, 0.5) is 11.5 Å². The third-order valence-electron chi connectivity index (χ3n) is 4.31. The standard InChI is InChI=1S/C20H21N5/c1-14-11-19-22-20(17-9-4-5-10-18(17)25(19)23-14)21-13-15-7-6-8-16(12-15)24(2)3/h4-12H,13H2,1-3H3,(H,21,22). The Labute approximate surface area is 146 Å². The number of nitrogens with zero attached hydrogens (tertiary/aromatic N) is 4. The van der Waals surface area contributed by atoms with Crippen LogP contribution in [-0.4, -0.2) is 28.7 Å². The van der Waals surface area contributed by atoms with Gasteiger partial charge in [0, 0.05) is 37.8 Å². The van der Waals surface area contributed by atoms with Gasteiger partial charge < -0.3 is 10.2 Å². The van der Waals surface area contributed by atoms with Crippen molar-refractivity contribution in [1.29, 1.82) is 0 Å². The van der Waals surface area contributed by atoms with Crippen molar-refractivity contribution in [2.24, 2.45) is 0 Å². The number of aromatic nitrogens is 3. The summed E-state index contributed by atoms with van der Waals surface area (Å²) in [6, 6.07) is 18.7. The van der Waals surface area contributed by atoms with Crippen molar-refractivity contribution in [2.45, 2.75) is 13.5 Å². The Bertz CT molecular complexity index is 1050. The van der Waals surface area contributed by atoms with Crippen LogP contribution in [-0.2, 0) is 6.54 Å². The molecular formula is C20H21N5. The lowest BCUT2D eigenvalue weighted by Gasteiger charge is -2.14. The lowest BCUT2D eigenvalue weighted by Crippen LogP contribution is -2.09. The minimum atomic E-state index is 0.724. The van der Waals surface area contributed by atoms with Crippen molar-refractivity contribution in [3.05, 3.63) is 65.9 Å². The van der Waals surface area contributed by atoms with E-state index in [1.165, 1.54) is 11.3 Å². The van der Waals surface area contributed by atoms with E-state index in [1.54, 1.807) is 0 Å². The molecule has 4 aromatic rings. The molecule has 0 amide bonds. The molecule has 0 aliphatic heterocycles. The molecule has 0 radical (unpaired) electrons. The Balaban J connectivity index is 1.72. The number of nitrogens with one attached hydrogen (secondary N) is 1. The number of para-hydroxylation sites is 1. The summed E-state index contributed by atoms with van der Waals surface area (Å²) in [5, 5.41) is 9.12. The van der Waals surface area contributed by atoms with Crippen LogP contribution in [0.1, 0.15) is 11.3 Å². The highest BCUT2D eigenvalue weighted by Gasteiger charge is 2.09. The summed E-state index contributed by atoms with van der Waals surface area (Å²) in [7, 11) is 4.11. The van der Waals surface area contributed by atoms with Gasteiger partial charge in [0.2, 0.25) is 0 Å². The molecule has 5 heteroatoms. The van der Waals surface area contributed by atoms with Crippen LogP contribution in [0, 0.1) is 6.92 Å². The molecule has 1 N–H and O–H groups in total. The third kappa shape index (κ3) is 2.89. The Kier molecular flexibility index (Phi) is 3.76. The second kappa shape index (κ2) is 6.09. The number of fused-ring (bicyclic) bond motifs is 3. The van der Waals surface area contributed by atoms with Crippen LogP contribution < -0.4 is 10.2 Å². The summed E-state index contributed by atoms with van der Waals surface area (Å²) >= 11 is 0. The molecule has 0 atom stereocenters. The predicted octanol–water partition coefficient (Wildman–Crippen LogP) is 3.87. The van der Waals surface area contributed by atoms with Gasteiger partial charge in [0.25, 0.3) is 0 Å². The molecule has 5 nitrogen and oxygen atoms in total. The largest absolute Gasteiger partial charge is 0.378 e. The van der Waals surface area contributed by atoms with Crippen LogP contribution in [0.2, 0.25) is 0 Å². The summed E-state index contributed by atoms with van der Waals surface area (Å²) in [5.74, 6) is 0.887. The molecule has 0 unspecified atom stereocenters. The molecule has 25 heavy (non-hydrogen) atoms. The second-order valence-electron chi connectivity index (χ2n) is 6.45. The third-order valence-corrected chi connectivity index (χ3v) is 4.31. The van der Waals surface area contributed by atoms with Gasteiger partial charge in [0.05, 0.1) is 11.2 Å². The molecule has 4 rings (SSSR count). The van der Waals surface area contributed by atoms with Gasteiger partial charge in [-0.3, -0.25) is 0 Å². The van der Waals surface area contributed by atoms with E-state index in [2.05, 4.69) is 65.8 Å². The minimum absolute atomic E-state index is 0.724. The van der Waals surface area contributed by atoms with Crippen molar-refractivity contribution in [1.82, 2.24) is 14.6 Å². The minimum Gasteiger partial charge on any atom is -0.378 e. The lowest BCUT2D eigenvalue weighted by molar-refractivity contribution is 0.954. The highest BCUT2D eigenvalue weighted by atomic mass is 15.3. The molecule has 126 valence electrons. The van der Waals surface area contributed by atoms with Gasteiger partial charge in [-0.15, -0.1) is 0 Å². The SMILES string of the molecule is Cc1cc2nc(NCc3cccc(N(C)C)c3)c3ccccc3n2n1. The first-order valence-electron chi connectivity index (χ1n) is 8.37. The summed E-state index contributed by atoms with van der Waals surface area (Å²) in [5.41, 5.74) is 5.31. The van der Waals surface area contributed by atoms with Gasteiger partial charge >= 0.3 is 0 Å². The topological polar surface area (TPSA) is 45.5 Å². The van der Waals surface area contributed by atoms with E-state index in [9.17, 15) is 0 Å². The zero-order valence-electron chi connectivity index (χ0n) is 14.7. The summed E-state index contributed by atoms with van der Waals surface area (Å²) in [6.07, 6.45) is 0. The summed E-state index contributed by atoms with van der Waals surface area (Å²) in [6.45, 7) is 2.71. The van der Waals surface area contributed by atoms with Crippen molar-refractivity contribution >= 4 is 28.1 Å². The number of benzene rings is 2. The Morgan fingerprint density at radius 1 is 1.04 bits per heavy atom. The van der Waals surface area contributed by atoms with Crippen LogP contribution in [0.3, 0.4) is 0 Å². The van der Waals surface area contributed by atoms with Gasteiger partial charge in [-0.2, -0.15) is 5.10 Å². The molecule has 2 heterocycles. The fourth-order valence-corrected chi connectivity index (χ4v) is 3.04. The van der Waals surface area contributed by atoms with E-state index >= 15 is 0 Å². The zero-order chi connectivity index (χ0) is 17.4. The molecular weight excluding hydrogens is 310 g/mol. The Morgan fingerprint density at radius 3 is 2.72 bits per heavy atom. The normalized spacial score (nSPS) is 11.2. The highest BCUT2D eigenvalue weighted by molar-refractivity contribution is 5.91. The molecule has 0 aliphatic rings. The molecule has 2 aromatic heterocycles. The average molecular weight is 331 g/mol. The fraction of sp³-hybridized carbons (Fsp3) is 0.200. The van der Waals surface area contributed by atoms with E-state index in [0.717, 1.165) is 34.6 Å². The van der Waals surface area contributed by atoms with Gasteiger partial charge in [-0.05, 0) is 36.8 Å². The summed E-state index contributed by atoms with van der Waals surface area (Å²) in [4.78, 5) is 6.89. The van der Waals surface area contributed by atoms with Gasteiger partial charge in [-0.25, -0.2) is 9.50 Å². The van der Waals surface area contributed by atoms with Crippen molar-refractivity contribution < 1.29 is 0 Å². The van der Waals surface area contributed by atoms with E-state index in [4.69, 9.17) is 4.98 Å². The van der Waals surface area contributed by atoms with Gasteiger partial charge in [0.1, 0.15) is 5.82 Å². The maximum absolute atomic E-state index is 4.78. The molecule has 0 saturated carbocycles. The first-order chi connectivity index (χ1) is 12.1. The second-order valence-corrected chi connectivity index (χ2v) is 6.45. The molecule has 0 aliphatic carbocycles. The molecule has 0 fully saturated rings. The Morgan fingerprint density at radius 2 is 1.88 bits per heavy atom. The van der Waals surface area contributed by atoms with E-state index < -0.39 is 0 Å². The number of hydrogen-bond acceptors (Lipinski definition) is 4. The van der Waals surface area contributed by atoms with E-state index in [-0.39, 0.29) is 0 Å².